The molecule has 36 heavy (non-hydrogen) atoms. The fraction of sp³-hybridized carbons (Fsp3) is 0.172. The Labute approximate surface area is 208 Å². The van der Waals surface area contributed by atoms with Gasteiger partial charge in [-0.1, -0.05) is 30.3 Å². The van der Waals surface area contributed by atoms with Crippen LogP contribution in [-0.2, 0) is 9.59 Å². The average molecular weight is 482 g/mol. The molecule has 0 radical (unpaired) electrons. The smallest absolute Gasteiger partial charge is 0.300 e. The SMILES string of the molecule is CCN(CC)c1ccc(N2C(=O)C(=O)/C(=C(\O)c3c[nH]c4ccccc34)C2c2ccc(O)cc2)cc1. The number of hydrogen-bond donors (Lipinski definition) is 3. The number of nitrogens with one attached hydrogen (secondary N) is 1. The van der Waals surface area contributed by atoms with E-state index >= 15 is 0 Å². The van der Waals surface area contributed by atoms with Crippen LogP contribution >= 0.6 is 0 Å². The number of carbonyl (C=O) groups is 2. The molecule has 182 valence electrons. The number of nitrogens with zero attached hydrogens (tertiary/aromatic N) is 2. The summed E-state index contributed by atoms with van der Waals surface area (Å²) in [5.74, 6) is -1.66. The van der Waals surface area contributed by atoms with E-state index in [1.807, 2.05) is 48.5 Å². The molecule has 2 heterocycles. The van der Waals surface area contributed by atoms with Gasteiger partial charge in [0.15, 0.2) is 0 Å². The molecule has 3 N–H and O–H groups in total. The van der Waals surface area contributed by atoms with Crippen molar-refractivity contribution in [2.75, 3.05) is 22.9 Å². The van der Waals surface area contributed by atoms with Crippen molar-refractivity contribution in [3.05, 3.63) is 95.7 Å². The minimum atomic E-state index is -0.862. The summed E-state index contributed by atoms with van der Waals surface area (Å²) in [6.07, 6.45) is 1.64. The van der Waals surface area contributed by atoms with Crippen molar-refractivity contribution in [1.29, 1.82) is 0 Å². The maximum Gasteiger partial charge on any atom is 0.300 e. The van der Waals surface area contributed by atoms with Crippen molar-refractivity contribution in [2.24, 2.45) is 0 Å². The highest BCUT2D eigenvalue weighted by Gasteiger charge is 2.47. The van der Waals surface area contributed by atoms with Crippen LogP contribution in [-0.4, -0.2) is 40.0 Å². The van der Waals surface area contributed by atoms with Crippen LogP contribution in [0.4, 0.5) is 11.4 Å². The molecule has 0 spiro atoms. The van der Waals surface area contributed by atoms with Gasteiger partial charge in [0.2, 0.25) is 0 Å². The number of aromatic nitrogens is 1. The molecule has 0 bridgehead atoms. The molecule has 1 aromatic heterocycles. The van der Waals surface area contributed by atoms with Gasteiger partial charge in [-0.15, -0.1) is 0 Å². The lowest BCUT2D eigenvalue weighted by Crippen LogP contribution is -2.29. The first-order valence-corrected chi connectivity index (χ1v) is 12.0. The fourth-order valence-electron chi connectivity index (χ4n) is 4.90. The minimum Gasteiger partial charge on any atom is -0.508 e. The second-order valence-corrected chi connectivity index (χ2v) is 8.70. The van der Waals surface area contributed by atoms with Crippen LogP contribution in [0, 0.1) is 0 Å². The molecule has 1 unspecified atom stereocenters. The first-order valence-electron chi connectivity index (χ1n) is 12.0. The van der Waals surface area contributed by atoms with Gasteiger partial charge in [-0.05, 0) is 61.9 Å². The lowest BCUT2D eigenvalue weighted by Gasteiger charge is -2.27. The number of aromatic hydroxyl groups is 1. The fourth-order valence-corrected chi connectivity index (χ4v) is 4.90. The number of anilines is 2. The summed E-state index contributed by atoms with van der Waals surface area (Å²) in [5, 5.41) is 22.0. The number of Topliss-reactive ketones (excluding diaryl/α,β-unsaturated/α-hetero) is 1. The first-order chi connectivity index (χ1) is 17.4. The summed E-state index contributed by atoms with van der Waals surface area (Å²) in [5.41, 5.74) is 3.42. The number of amides is 1. The summed E-state index contributed by atoms with van der Waals surface area (Å²) in [7, 11) is 0. The predicted octanol–water partition coefficient (Wildman–Crippen LogP) is 5.35. The topological polar surface area (TPSA) is 96.9 Å². The van der Waals surface area contributed by atoms with Crippen molar-refractivity contribution < 1.29 is 19.8 Å². The van der Waals surface area contributed by atoms with E-state index in [-0.39, 0.29) is 17.1 Å². The molecule has 0 aliphatic carbocycles. The number of para-hydroxylation sites is 1. The molecule has 1 amide bonds. The Morgan fingerprint density at radius 1 is 0.944 bits per heavy atom. The monoisotopic (exact) mass is 481 g/mol. The number of benzene rings is 3. The molecular formula is C29H27N3O4. The van der Waals surface area contributed by atoms with Crippen LogP contribution in [0.3, 0.4) is 0 Å². The highest BCUT2D eigenvalue weighted by molar-refractivity contribution is 6.51. The zero-order valence-electron chi connectivity index (χ0n) is 20.1. The van der Waals surface area contributed by atoms with E-state index in [2.05, 4.69) is 23.7 Å². The van der Waals surface area contributed by atoms with Gasteiger partial charge in [0.1, 0.15) is 11.5 Å². The van der Waals surface area contributed by atoms with Gasteiger partial charge < -0.3 is 20.1 Å². The van der Waals surface area contributed by atoms with Crippen LogP contribution in [0.25, 0.3) is 16.7 Å². The Hall–Kier alpha value is -4.52. The van der Waals surface area contributed by atoms with Gasteiger partial charge in [0.05, 0.1) is 11.6 Å². The molecule has 1 fully saturated rings. The number of phenolic OH excluding ortho intramolecular Hbond substituents is 1. The highest BCUT2D eigenvalue weighted by atomic mass is 16.3. The number of phenols is 1. The van der Waals surface area contributed by atoms with Crippen molar-refractivity contribution in [2.45, 2.75) is 19.9 Å². The Kier molecular flexibility index (Phi) is 5.98. The second-order valence-electron chi connectivity index (χ2n) is 8.70. The molecule has 1 saturated heterocycles. The van der Waals surface area contributed by atoms with E-state index in [1.54, 1.807) is 18.3 Å². The first kappa shape index (κ1) is 23.2. The third kappa shape index (κ3) is 3.79. The van der Waals surface area contributed by atoms with Crippen LogP contribution in [0.2, 0.25) is 0 Å². The molecule has 1 aliphatic heterocycles. The Morgan fingerprint density at radius 3 is 2.28 bits per heavy atom. The van der Waals surface area contributed by atoms with E-state index in [9.17, 15) is 19.8 Å². The number of carbonyl (C=O) groups excluding carboxylic acids is 2. The number of aliphatic hydroxyl groups is 1. The summed E-state index contributed by atoms with van der Waals surface area (Å²) >= 11 is 0. The number of aliphatic hydroxyl groups excluding tert-OH is 1. The maximum atomic E-state index is 13.4. The molecule has 5 rings (SSSR count). The highest BCUT2D eigenvalue weighted by Crippen LogP contribution is 2.43. The molecular weight excluding hydrogens is 454 g/mol. The number of fused-ring (bicyclic) bond motifs is 1. The van der Waals surface area contributed by atoms with Gasteiger partial charge in [0.25, 0.3) is 11.7 Å². The quantitative estimate of drug-likeness (QED) is 0.196. The number of H-pyrrole nitrogens is 1. The standard InChI is InChI=1S/C29H27N3O4/c1-3-31(4-2)19-11-13-20(14-12-19)32-26(18-9-15-21(33)16-10-18)25(28(35)29(32)36)27(34)23-17-30-24-8-6-5-7-22(23)24/h5-17,26,30,33-34H,3-4H2,1-2H3/b27-25-. The van der Waals surface area contributed by atoms with Gasteiger partial charge in [-0.3, -0.25) is 14.5 Å². The second kappa shape index (κ2) is 9.26. The summed E-state index contributed by atoms with van der Waals surface area (Å²) in [6, 6.07) is 20.4. The molecule has 1 atom stereocenters. The van der Waals surface area contributed by atoms with Gasteiger partial charge in [-0.2, -0.15) is 0 Å². The minimum absolute atomic E-state index is 0.00302. The van der Waals surface area contributed by atoms with Crippen LogP contribution in [0.1, 0.15) is 31.0 Å². The van der Waals surface area contributed by atoms with Crippen LogP contribution in [0.5, 0.6) is 5.75 Å². The average Bonchev–Trinajstić information content (AvgIpc) is 3.44. The zero-order chi connectivity index (χ0) is 25.4. The third-order valence-electron chi connectivity index (χ3n) is 6.75. The number of rotatable bonds is 6. The van der Waals surface area contributed by atoms with E-state index in [1.165, 1.54) is 17.0 Å². The van der Waals surface area contributed by atoms with E-state index in [0.29, 0.717) is 16.8 Å². The Balaban J connectivity index is 1.68. The van der Waals surface area contributed by atoms with Gasteiger partial charge in [-0.25, -0.2) is 0 Å². The molecule has 3 aromatic carbocycles. The van der Waals surface area contributed by atoms with Crippen molar-refractivity contribution in [3.63, 3.8) is 0 Å². The molecule has 0 saturated carbocycles. The lowest BCUT2D eigenvalue weighted by molar-refractivity contribution is -0.132. The molecule has 7 heteroatoms. The largest absolute Gasteiger partial charge is 0.508 e. The Morgan fingerprint density at radius 2 is 1.61 bits per heavy atom. The van der Waals surface area contributed by atoms with Crippen molar-refractivity contribution in [3.8, 4) is 5.75 Å². The number of aromatic amines is 1. The van der Waals surface area contributed by atoms with Gasteiger partial charge in [0, 0.05) is 47.1 Å². The van der Waals surface area contributed by atoms with E-state index < -0.39 is 17.7 Å². The molecule has 1 aliphatic rings. The van der Waals surface area contributed by atoms with Crippen molar-refractivity contribution in [1.82, 2.24) is 4.98 Å². The third-order valence-corrected chi connectivity index (χ3v) is 6.75. The Bertz CT molecular complexity index is 1460. The van der Waals surface area contributed by atoms with Crippen molar-refractivity contribution >= 4 is 39.7 Å². The number of hydrogen-bond acceptors (Lipinski definition) is 5. The lowest BCUT2D eigenvalue weighted by atomic mass is 9.95. The maximum absolute atomic E-state index is 13.4. The summed E-state index contributed by atoms with van der Waals surface area (Å²) < 4.78 is 0. The van der Waals surface area contributed by atoms with E-state index in [4.69, 9.17) is 0 Å². The zero-order valence-corrected chi connectivity index (χ0v) is 20.1. The normalized spacial score (nSPS) is 17.2. The summed E-state index contributed by atoms with van der Waals surface area (Å²) in [6.45, 7) is 5.84. The number of ketones is 1. The molecule has 4 aromatic rings. The predicted molar refractivity (Wildman–Crippen MR) is 141 cm³/mol. The van der Waals surface area contributed by atoms with Gasteiger partial charge >= 0.3 is 0 Å². The van der Waals surface area contributed by atoms with Crippen LogP contribution in [0.15, 0.2) is 84.6 Å². The summed E-state index contributed by atoms with van der Waals surface area (Å²) in [4.78, 5) is 33.5. The van der Waals surface area contributed by atoms with E-state index in [0.717, 1.165) is 29.7 Å². The van der Waals surface area contributed by atoms with Crippen LogP contribution < -0.4 is 9.80 Å². The molecule has 7 nitrogen and oxygen atoms in total.